The van der Waals surface area contributed by atoms with Crippen LogP contribution in [0.5, 0.6) is 0 Å². The van der Waals surface area contributed by atoms with Crippen molar-refractivity contribution in [2.75, 3.05) is 32.7 Å². The normalized spacial score (nSPS) is 20.2. The maximum absolute atomic E-state index is 13.1. The second kappa shape index (κ2) is 15.7. The zero-order valence-electron chi connectivity index (χ0n) is 19.3. The van der Waals surface area contributed by atoms with Crippen molar-refractivity contribution in [3.05, 3.63) is 60.7 Å². The maximum atomic E-state index is 13.1. The Bertz CT molecular complexity index is 649. The molecular weight excluding hydrogens is 396 g/mol. The van der Waals surface area contributed by atoms with Gasteiger partial charge in [-0.05, 0) is 49.6 Å². The van der Waals surface area contributed by atoms with E-state index in [9.17, 15) is 13.6 Å². The van der Waals surface area contributed by atoms with Crippen molar-refractivity contribution in [3.63, 3.8) is 0 Å². The number of rotatable bonds is 5. The molecule has 0 aliphatic carbocycles. The highest BCUT2D eigenvalue weighted by atomic mass is 19.1. The van der Waals surface area contributed by atoms with Crippen LogP contribution >= 0.6 is 0 Å². The van der Waals surface area contributed by atoms with Gasteiger partial charge in [0.05, 0.1) is 18.4 Å². The van der Waals surface area contributed by atoms with Crippen LogP contribution in [0.3, 0.4) is 0 Å². The van der Waals surface area contributed by atoms with E-state index in [1.807, 2.05) is 24.8 Å². The van der Waals surface area contributed by atoms with Gasteiger partial charge in [-0.2, -0.15) is 0 Å². The molecule has 2 fully saturated rings. The largest absolute Gasteiger partial charge is 0.339 e. The molecule has 0 aromatic heterocycles. The van der Waals surface area contributed by atoms with E-state index >= 15 is 0 Å². The van der Waals surface area contributed by atoms with Gasteiger partial charge in [-0.25, -0.2) is 8.78 Å². The van der Waals surface area contributed by atoms with Gasteiger partial charge in [-0.15, -0.1) is 6.58 Å². The fraction of sp³-hybridized carbons (Fsp3) is 0.560. The first-order valence-electron chi connectivity index (χ1n) is 11.5. The molecule has 1 aromatic carbocycles. The van der Waals surface area contributed by atoms with Crippen LogP contribution in [0.25, 0.3) is 0 Å². The minimum absolute atomic E-state index is 0.0565. The smallest absolute Gasteiger partial charge is 0.239 e. The van der Waals surface area contributed by atoms with E-state index in [2.05, 4.69) is 23.7 Å². The average Bonchev–Trinajstić information content (AvgIpc) is 2.85. The van der Waals surface area contributed by atoms with Crippen LogP contribution in [-0.4, -0.2) is 54.5 Å². The number of carbonyl (C=O) groups excluding carboxylic acids is 1. The van der Waals surface area contributed by atoms with Gasteiger partial charge in [0.2, 0.25) is 5.91 Å². The second-order valence-corrected chi connectivity index (χ2v) is 7.38. The van der Waals surface area contributed by atoms with Gasteiger partial charge >= 0.3 is 0 Å². The molecule has 31 heavy (non-hydrogen) atoms. The Balaban J connectivity index is 0.000000720. The molecule has 1 amide bonds. The number of nitrogens with zero attached hydrogens (tertiary/aromatic N) is 2. The summed E-state index contributed by atoms with van der Waals surface area (Å²) in [7, 11) is 0. The zero-order chi connectivity index (χ0) is 23.1. The molecule has 1 N–H and O–H groups in total. The highest BCUT2D eigenvalue weighted by Crippen LogP contribution is 2.24. The van der Waals surface area contributed by atoms with Crippen LogP contribution in [0.2, 0.25) is 0 Å². The number of piperidine rings is 1. The molecule has 2 saturated heterocycles. The number of carbonyl (C=O) groups is 1. The summed E-state index contributed by atoms with van der Waals surface area (Å²) >= 11 is 0. The Labute approximate surface area is 187 Å². The van der Waals surface area contributed by atoms with Crippen LogP contribution in [0.1, 0.15) is 58.1 Å². The SMILES string of the molecule is C=CCC.CC.O=C([C@@H]1CCCCN1)N1CCN(C(/C=C/F)c2ccc(F)cc2)CC1. The molecule has 174 valence electrons. The third kappa shape index (κ3) is 8.91. The number of hydrogen-bond acceptors (Lipinski definition) is 3. The minimum atomic E-state index is -0.304. The summed E-state index contributed by atoms with van der Waals surface area (Å²) in [5, 5.41) is 3.30. The van der Waals surface area contributed by atoms with Crippen molar-refractivity contribution in [1.29, 1.82) is 0 Å². The van der Waals surface area contributed by atoms with Crippen LogP contribution < -0.4 is 5.32 Å². The van der Waals surface area contributed by atoms with Gasteiger partial charge in [0, 0.05) is 26.2 Å². The monoisotopic (exact) mass is 435 g/mol. The first kappa shape index (κ1) is 27.0. The van der Waals surface area contributed by atoms with Gasteiger partial charge in [0.1, 0.15) is 5.82 Å². The van der Waals surface area contributed by atoms with E-state index in [-0.39, 0.29) is 23.8 Å². The third-order valence-corrected chi connectivity index (χ3v) is 5.38. The van der Waals surface area contributed by atoms with Crippen molar-refractivity contribution >= 4 is 5.91 Å². The number of benzene rings is 1. The summed E-state index contributed by atoms with van der Waals surface area (Å²) in [6.45, 7) is 13.1. The Morgan fingerprint density at radius 3 is 2.29 bits per heavy atom. The average molecular weight is 436 g/mol. The molecule has 6 heteroatoms. The Morgan fingerprint density at radius 1 is 1.19 bits per heavy atom. The molecule has 2 heterocycles. The van der Waals surface area contributed by atoms with E-state index in [1.54, 1.807) is 12.1 Å². The molecule has 0 radical (unpaired) electrons. The van der Waals surface area contributed by atoms with E-state index in [0.717, 1.165) is 37.8 Å². The van der Waals surface area contributed by atoms with Crippen molar-refractivity contribution in [2.24, 2.45) is 0 Å². The van der Waals surface area contributed by atoms with Crippen LogP contribution in [-0.2, 0) is 4.79 Å². The molecule has 0 spiro atoms. The Kier molecular flexibility index (Phi) is 13.7. The maximum Gasteiger partial charge on any atom is 0.239 e. The predicted molar refractivity (Wildman–Crippen MR) is 125 cm³/mol. The van der Waals surface area contributed by atoms with Crippen molar-refractivity contribution < 1.29 is 13.6 Å². The van der Waals surface area contributed by atoms with Crippen molar-refractivity contribution in [3.8, 4) is 0 Å². The Hall–Kier alpha value is -2.05. The first-order chi connectivity index (χ1) is 15.1. The molecule has 3 rings (SSSR count). The van der Waals surface area contributed by atoms with Crippen LogP contribution in [0, 0.1) is 5.82 Å². The number of halogens is 2. The lowest BCUT2D eigenvalue weighted by Gasteiger charge is -2.40. The van der Waals surface area contributed by atoms with Crippen LogP contribution in [0.15, 0.2) is 49.3 Å². The molecule has 2 atom stereocenters. The van der Waals surface area contributed by atoms with Gasteiger partial charge in [0.15, 0.2) is 0 Å². The lowest BCUT2D eigenvalue weighted by molar-refractivity contribution is -0.136. The van der Waals surface area contributed by atoms with Gasteiger partial charge in [-0.3, -0.25) is 9.69 Å². The predicted octanol–water partition coefficient (Wildman–Crippen LogP) is 5.24. The molecule has 0 bridgehead atoms. The second-order valence-electron chi connectivity index (χ2n) is 7.38. The van der Waals surface area contributed by atoms with Crippen LogP contribution in [0.4, 0.5) is 8.78 Å². The van der Waals surface area contributed by atoms with E-state index < -0.39 is 0 Å². The van der Waals surface area contributed by atoms with E-state index in [4.69, 9.17) is 0 Å². The fourth-order valence-electron chi connectivity index (χ4n) is 3.68. The summed E-state index contributed by atoms with van der Waals surface area (Å²) in [4.78, 5) is 16.6. The molecule has 4 nitrogen and oxygen atoms in total. The number of allylic oxidation sites excluding steroid dienone is 1. The summed E-state index contributed by atoms with van der Waals surface area (Å²) in [6, 6.07) is 5.85. The van der Waals surface area contributed by atoms with Gasteiger partial charge < -0.3 is 10.2 Å². The summed E-state index contributed by atoms with van der Waals surface area (Å²) in [5.41, 5.74) is 0.851. The number of amides is 1. The summed E-state index contributed by atoms with van der Waals surface area (Å²) < 4.78 is 26.0. The van der Waals surface area contributed by atoms with Gasteiger partial charge in [0.25, 0.3) is 0 Å². The number of piperazine rings is 1. The van der Waals surface area contributed by atoms with Crippen molar-refractivity contribution in [2.45, 2.75) is 58.5 Å². The standard InChI is InChI=1S/C19H25F2N3O.C4H8.C2H6/c20-9-8-18(15-4-6-16(21)7-5-15)23-11-13-24(14-12-23)19(25)17-3-1-2-10-22-17;1-3-4-2;1-2/h4-9,17-18,22H,1-3,10-14H2;3H,1,4H2,2H3;1-2H3/b9-8+;;/t17-,18?;;/m0../s1. The minimum Gasteiger partial charge on any atom is -0.339 e. The lowest BCUT2D eigenvalue weighted by atomic mass is 10.0. The first-order valence-corrected chi connectivity index (χ1v) is 11.5. The third-order valence-electron chi connectivity index (χ3n) is 5.38. The topological polar surface area (TPSA) is 35.6 Å². The zero-order valence-corrected chi connectivity index (χ0v) is 19.3. The van der Waals surface area contributed by atoms with E-state index in [0.29, 0.717) is 32.5 Å². The number of hydrogen-bond donors (Lipinski definition) is 1. The van der Waals surface area contributed by atoms with E-state index in [1.165, 1.54) is 18.2 Å². The molecule has 0 saturated carbocycles. The summed E-state index contributed by atoms with van der Waals surface area (Å²) in [5.74, 6) is -0.124. The van der Waals surface area contributed by atoms with Gasteiger partial charge in [-0.1, -0.05) is 45.4 Å². The fourth-order valence-corrected chi connectivity index (χ4v) is 3.68. The highest BCUT2D eigenvalue weighted by Gasteiger charge is 2.30. The molecular formula is C25H39F2N3O. The molecule has 1 unspecified atom stereocenters. The number of nitrogens with one attached hydrogen (secondary N) is 1. The molecule has 2 aliphatic heterocycles. The quantitative estimate of drug-likeness (QED) is 0.642. The lowest BCUT2D eigenvalue weighted by Crippen LogP contribution is -2.55. The summed E-state index contributed by atoms with van der Waals surface area (Å²) in [6.07, 6.45) is 8.11. The Morgan fingerprint density at radius 2 is 1.81 bits per heavy atom. The van der Waals surface area contributed by atoms with Crippen molar-refractivity contribution in [1.82, 2.24) is 15.1 Å². The molecule has 2 aliphatic rings. The molecule has 1 aromatic rings. The highest BCUT2D eigenvalue weighted by molar-refractivity contribution is 5.82.